The number of piperidine rings is 1. The second-order valence-corrected chi connectivity index (χ2v) is 7.33. The van der Waals surface area contributed by atoms with Crippen LogP contribution in [0.1, 0.15) is 18.4 Å². The Morgan fingerprint density at radius 3 is 2.57 bits per heavy atom. The van der Waals surface area contributed by atoms with E-state index in [1.807, 2.05) is 29.2 Å². The van der Waals surface area contributed by atoms with E-state index in [9.17, 15) is 17.6 Å². The van der Waals surface area contributed by atoms with Crippen molar-refractivity contribution < 1.29 is 17.6 Å². The first-order chi connectivity index (χ1) is 13.4. The van der Waals surface area contributed by atoms with E-state index in [2.05, 4.69) is 4.98 Å². The molecule has 3 aromatic rings. The Labute approximate surface area is 160 Å². The molecule has 0 N–H and O–H groups in total. The van der Waals surface area contributed by atoms with Gasteiger partial charge < -0.3 is 0 Å². The Morgan fingerprint density at radius 1 is 1.04 bits per heavy atom. The number of fused-ring (bicyclic) bond motifs is 1. The van der Waals surface area contributed by atoms with Gasteiger partial charge in [0.05, 0.1) is 11.4 Å². The largest absolute Gasteiger partial charge is 0.393 e. The molecule has 28 heavy (non-hydrogen) atoms. The molecular formula is C22H20F4N2. The van der Waals surface area contributed by atoms with Gasteiger partial charge in [-0.3, -0.25) is 9.88 Å². The van der Waals surface area contributed by atoms with Crippen LogP contribution in [-0.4, -0.2) is 29.1 Å². The second-order valence-electron chi connectivity index (χ2n) is 7.33. The zero-order valence-corrected chi connectivity index (χ0v) is 15.2. The van der Waals surface area contributed by atoms with Crippen molar-refractivity contribution in [3.63, 3.8) is 0 Å². The minimum absolute atomic E-state index is 0.0462. The highest BCUT2D eigenvalue weighted by molar-refractivity contribution is 5.94. The first-order valence-electron chi connectivity index (χ1n) is 9.33. The van der Waals surface area contributed by atoms with Crippen LogP contribution in [0, 0.1) is 11.7 Å². The third-order valence-electron chi connectivity index (χ3n) is 5.34. The molecular weight excluding hydrogens is 368 g/mol. The molecule has 0 amide bonds. The summed E-state index contributed by atoms with van der Waals surface area (Å²) in [4.78, 5) is 6.29. The Bertz CT molecular complexity index is 966. The molecule has 4 rings (SSSR count). The summed E-state index contributed by atoms with van der Waals surface area (Å²) in [6.45, 7) is 1.20. The lowest BCUT2D eigenvalue weighted by molar-refractivity contribution is -0.187. The molecule has 1 aromatic heterocycles. The van der Waals surface area contributed by atoms with Crippen molar-refractivity contribution in [2.75, 3.05) is 13.1 Å². The number of rotatable bonds is 3. The highest BCUT2D eigenvalue weighted by Gasteiger charge is 2.41. The summed E-state index contributed by atoms with van der Waals surface area (Å²) >= 11 is 0. The topological polar surface area (TPSA) is 16.1 Å². The van der Waals surface area contributed by atoms with Crippen molar-refractivity contribution in [3.8, 4) is 11.1 Å². The van der Waals surface area contributed by atoms with Gasteiger partial charge in [0, 0.05) is 24.7 Å². The summed E-state index contributed by atoms with van der Waals surface area (Å²) in [7, 11) is 0. The van der Waals surface area contributed by atoms with E-state index in [-0.39, 0.29) is 18.8 Å². The van der Waals surface area contributed by atoms with Gasteiger partial charge in [-0.1, -0.05) is 24.3 Å². The van der Waals surface area contributed by atoms with Crippen LogP contribution in [0.2, 0.25) is 0 Å². The summed E-state index contributed by atoms with van der Waals surface area (Å²) in [6, 6.07) is 14.0. The molecule has 0 spiro atoms. The van der Waals surface area contributed by atoms with E-state index >= 15 is 0 Å². The molecule has 1 aliphatic heterocycles. The zero-order valence-electron chi connectivity index (χ0n) is 15.2. The Balaban J connectivity index is 1.58. The molecule has 0 aliphatic carbocycles. The van der Waals surface area contributed by atoms with Gasteiger partial charge in [-0.05, 0) is 60.3 Å². The predicted molar refractivity (Wildman–Crippen MR) is 101 cm³/mol. The number of likely N-dealkylation sites (tertiary alicyclic amines) is 1. The second kappa shape index (κ2) is 7.51. The van der Waals surface area contributed by atoms with Crippen LogP contribution in [0.5, 0.6) is 0 Å². The van der Waals surface area contributed by atoms with Crippen molar-refractivity contribution in [2.45, 2.75) is 25.6 Å². The van der Waals surface area contributed by atoms with Gasteiger partial charge in [-0.25, -0.2) is 4.39 Å². The van der Waals surface area contributed by atoms with Gasteiger partial charge in [0.1, 0.15) is 5.82 Å². The van der Waals surface area contributed by atoms with Crippen molar-refractivity contribution in [3.05, 3.63) is 66.1 Å². The lowest BCUT2D eigenvalue weighted by Gasteiger charge is -2.33. The smallest absolute Gasteiger partial charge is 0.298 e. The standard InChI is InChI=1S/C22H20F4N2/c23-18-6-4-16(5-7-18)19-9-10-27-21-12-15(3-8-20(19)21)13-28-11-1-2-17(14-28)22(24,25)26/h3-10,12,17H,1-2,11,13-14H2. The zero-order chi connectivity index (χ0) is 19.7. The van der Waals surface area contributed by atoms with Crippen LogP contribution in [0.15, 0.2) is 54.7 Å². The average Bonchev–Trinajstić information content (AvgIpc) is 2.68. The molecule has 6 heteroatoms. The molecule has 1 atom stereocenters. The maximum atomic E-state index is 13.2. The fraction of sp³-hybridized carbons (Fsp3) is 0.318. The van der Waals surface area contributed by atoms with Crippen LogP contribution in [-0.2, 0) is 6.54 Å². The first-order valence-corrected chi connectivity index (χ1v) is 9.33. The summed E-state index contributed by atoms with van der Waals surface area (Å²) < 4.78 is 52.3. The number of alkyl halides is 3. The maximum Gasteiger partial charge on any atom is 0.393 e. The number of halogens is 4. The van der Waals surface area contributed by atoms with Crippen molar-refractivity contribution in [2.24, 2.45) is 5.92 Å². The molecule has 1 unspecified atom stereocenters. The van der Waals surface area contributed by atoms with Gasteiger partial charge in [0.2, 0.25) is 0 Å². The Kier molecular flexibility index (Phi) is 5.06. The first kappa shape index (κ1) is 18.9. The van der Waals surface area contributed by atoms with Crippen LogP contribution >= 0.6 is 0 Å². The quantitative estimate of drug-likeness (QED) is 0.526. The van der Waals surface area contributed by atoms with E-state index in [1.54, 1.807) is 18.3 Å². The monoisotopic (exact) mass is 388 g/mol. The Morgan fingerprint density at radius 2 is 1.82 bits per heavy atom. The van der Waals surface area contributed by atoms with Crippen LogP contribution < -0.4 is 0 Å². The number of hydrogen-bond acceptors (Lipinski definition) is 2. The van der Waals surface area contributed by atoms with Crippen LogP contribution in [0.4, 0.5) is 17.6 Å². The predicted octanol–water partition coefficient (Wildman–Crippen LogP) is 5.82. The summed E-state index contributed by atoms with van der Waals surface area (Å²) in [6.07, 6.45) is -1.66. The van der Waals surface area contributed by atoms with Crippen LogP contribution in [0.3, 0.4) is 0 Å². The molecule has 0 radical (unpaired) electrons. The molecule has 0 saturated carbocycles. The fourth-order valence-corrected chi connectivity index (χ4v) is 3.90. The number of hydrogen-bond donors (Lipinski definition) is 0. The van der Waals surface area contributed by atoms with Crippen molar-refractivity contribution in [1.29, 1.82) is 0 Å². The van der Waals surface area contributed by atoms with E-state index in [0.717, 1.165) is 27.6 Å². The Hall–Kier alpha value is -2.47. The van der Waals surface area contributed by atoms with Crippen molar-refractivity contribution in [1.82, 2.24) is 9.88 Å². The summed E-state index contributed by atoms with van der Waals surface area (Å²) in [5, 5.41) is 0.935. The summed E-state index contributed by atoms with van der Waals surface area (Å²) in [5.41, 5.74) is 3.57. The van der Waals surface area contributed by atoms with E-state index in [1.165, 1.54) is 12.1 Å². The lowest BCUT2D eigenvalue weighted by atomic mass is 9.96. The highest BCUT2D eigenvalue weighted by atomic mass is 19.4. The van der Waals surface area contributed by atoms with E-state index in [0.29, 0.717) is 19.5 Å². The average molecular weight is 388 g/mol. The van der Waals surface area contributed by atoms with Gasteiger partial charge in [0.15, 0.2) is 0 Å². The molecule has 0 bridgehead atoms. The van der Waals surface area contributed by atoms with E-state index < -0.39 is 12.1 Å². The molecule has 1 fully saturated rings. The maximum absolute atomic E-state index is 13.2. The molecule has 2 heterocycles. The lowest BCUT2D eigenvalue weighted by Crippen LogP contribution is -2.41. The fourth-order valence-electron chi connectivity index (χ4n) is 3.90. The number of nitrogens with zero attached hydrogens (tertiary/aromatic N) is 2. The van der Waals surface area contributed by atoms with Gasteiger partial charge in [-0.15, -0.1) is 0 Å². The summed E-state index contributed by atoms with van der Waals surface area (Å²) in [5.74, 6) is -1.53. The minimum Gasteiger partial charge on any atom is -0.298 e. The molecule has 146 valence electrons. The van der Waals surface area contributed by atoms with Crippen molar-refractivity contribution >= 4 is 10.9 Å². The van der Waals surface area contributed by atoms with Gasteiger partial charge in [0.25, 0.3) is 0 Å². The van der Waals surface area contributed by atoms with Gasteiger partial charge >= 0.3 is 6.18 Å². The highest BCUT2D eigenvalue weighted by Crippen LogP contribution is 2.34. The normalized spacial score (nSPS) is 18.5. The van der Waals surface area contributed by atoms with Gasteiger partial charge in [-0.2, -0.15) is 13.2 Å². The third-order valence-corrected chi connectivity index (χ3v) is 5.34. The third kappa shape index (κ3) is 4.02. The molecule has 2 nitrogen and oxygen atoms in total. The minimum atomic E-state index is -4.13. The number of pyridine rings is 1. The molecule has 1 saturated heterocycles. The molecule has 1 aliphatic rings. The number of aromatic nitrogens is 1. The van der Waals surface area contributed by atoms with Crippen LogP contribution in [0.25, 0.3) is 22.0 Å². The molecule has 2 aromatic carbocycles. The number of benzene rings is 2. The van der Waals surface area contributed by atoms with E-state index in [4.69, 9.17) is 0 Å². The SMILES string of the molecule is Fc1ccc(-c2ccnc3cc(CN4CCCC(C(F)(F)F)C4)ccc23)cc1.